The van der Waals surface area contributed by atoms with Crippen LogP contribution >= 0.6 is 19.6 Å². The minimum absolute atomic E-state index is 0.0172. The average Bonchev–Trinajstić information content (AvgIpc) is 3.09. The number of carbonyl (C=O) groups is 2. The van der Waals surface area contributed by atoms with Crippen molar-refractivity contribution in [2.24, 2.45) is 0 Å². The van der Waals surface area contributed by atoms with E-state index in [-0.39, 0.29) is 42.4 Å². The molecule has 2 aromatic carbocycles. The van der Waals surface area contributed by atoms with Crippen LogP contribution in [0.3, 0.4) is 0 Å². The maximum Gasteiger partial charge on any atom is 0.475 e. The minimum Gasteiger partial charge on any atom is -0.491 e. The highest BCUT2D eigenvalue weighted by atomic mass is 32.2. The van der Waals surface area contributed by atoms with Gasteiger partial charge in [0.15, 0.2) is 10.9 Å². The molecule has 0 amide bonds. The Hall–Kier alpha value is -1.96. The van der Waals surface area contributed by atoms with Gasteiger partial charge in [-0.3, -0.25) is 23.2 Å². The number of hydrogen-bond donors (Lipinski definition) is 0. The topological polar surface area (TPSA) is 88.1 Å². The molecule has 1 aliphatic heterocycles. The van der Waals surface area contributed by atoms with Crippen molar-refractivity contribution in [2.45, 2.75) is 45.0 Å². The van der Waals surface area contributed by atoms with Crippen molar-refractivity contribution >= 4 is 30.5 Å². The highest BCUT2D eigenvalue weighted by molar-refractivity contribution is 8.15. The number of rotatable bonds is 12. The van der Waals surface area contributed by atoms with Crippen LogP contribution < -0.4 is 4.74 Å². The fraction of sp³-hybridized carbons (Fsp3) is 0.417. The van der Waals surface area contributed by atoms with Gasteiger partial charge in [0.2, 0.25) is 0 Å². The van der Waals surface area contributed by atoms with Gasteiger partial charge in [0, 0.05) is 0 Å². The third kappa shape index (κ3) is 7.52. The van der Waals surface area contributed by atoms with E-state index in [9.17, 15) is 14.2 Å². The van der Waals surface area contributed by atoms with Gasteiger partial charge in [-0.05, 0) is 50.5 Å². The summed E-state index contributed by atoms with van der Waals surface area (Å²) in [6.07, 6.45) is -0.145. The van der Waals surface area contributed by atoms with E-state index in [1.54, 1.807) is 26.0 Å². The zero-order valence-corrected chi connectivity index (χ0v) is 20.7. The summed E-state index contributed by atoms with van der Waals surface area (Å²) < 4.78 is 35.3. The predicted octanol–water partition coefficient (Wildman–Crippen LogP) is 5.46. The largest absolute Gasteiger partial charge is 0.491 e. The number of ketones is 1. The molecule has 3 rings (SSSR count). The first-order chi connectivity index (χ1) is 15.8. The molecular formula is C24H29O7PS. The third-order valence-corrected chi connectivity index (χ3v) is 7.76. The first-order valence-electron chi connectivity index (χ1n) is 10.9. The molecule has 0 bridgehead atoms. The molecule has 0 spiro atoms. The van der Waals surface area contributed by atoms with Crippen LogP contribution in [-0.2, 0) is 34.1 Å². The van der Waals surface area contributed by atoms with Crippen molar-refractivity contribution in [3.63, 3.8) is 0 Å². The number of aryl methyl sites for hydroxylation is 1. The average molecular weight is 493 g/mol. The minimum atomic E-state index is -3.75. The molecule has 1 heterocycles. The van der Waals surface area contributed by atoms with Crippen molar-refractivity contribution in [3.8, 4) is 5.75 Å². The molecule has 9 heteroatoms. The molecule has 33 heavy (non-hydrogen) atoms. The third-order valence-electron chi connectivity index (χ3n) is 4.98. The summed E-state index contributed by atoms with van der Waals surface area (Å²) in [6.45, 7) is 5.90. The van der Waals surface area contributed by atoms with E-state index in [4.69, 9.17) is 18.3 Å². The van der Waals surface area contributed by atoms with Gasteiger partial charge < -0.3 is 4.74 Å². The van der Waals surface area contributed by atoms with Crippen molar-refractivity contribution < 1.29 is 32.5 Å². The first-order valence-corrected chi connectivity index (χ1v) is 13.2. The summed E-state index contributed by atoms with van der Waals surface area (Å²) >= 11 is 1.11. The van der Waals surface area contributed by atoms with Gasteiger partial charge in [-0.15, -0.1) is 0 Å². The maximum absolute atomic E-state index is 13.0. The molecule has 2 unspecified atom stereocenters. The lowest BCUT2D eigenvalue weighted by Gasteiger charge is -2.24. The molecule has 0 N–H and O–H groups in total. The van der Waals surface area contributed by atoms with E-state index in [1.165, 1.54) is 0 Å². The summed E-state index contributed by atoms with van der Waals surface area (Å²) in [5, 5.41) is -0.377. The lowest BCUT2D eigenvalue weighted by molar-refractivity contribution is -0.121. The number of carbonyl (C=O) groups excluding carboxylic acids is 2. The lowest BCUT2D eigenvalue weighted by Crippen LogP contribution is -2.15. The SMILES string of the molecule is CCOP(=O)(OCC)OC(COc1ccc(CC2SC(=O)CC2=O)cc1)c1ccc(C)cc1. The Morgan fingerprint density at radius 3 is 2.18 bits per heavy atom. The van der Waals surface area contributed by atoms with Crippen LogP contribution in [0.25, 0.3) is 0 Å². The van der Waals surface area contributed by atoms with E-state index < -0.39 is 13.9 Å². The van der Waals surface area contributed by atoms with Crippen molar-refractivity contribution in [1.29, 1.82) is 0 Å². The quantitative estimate of drug-likeness (QED) is 0.285. The normalized spacial score (nSPS) is 17.4. The predicted molar refractivity (Wildman–Crippen MR) is 128 cm³/mol. The van der Waals surface area contributed by atoms with Crippen LogP contribution in [0.4, 0.5) is 0 Å². The Kier molecular flexibility index (Phi) is 9.29. The molecule has 2 aromatic rings. The van der Waals surface area contributed by atoms with E-state index in [0.717, 1.165) is 28.5 Å². The van der Waals surface area contributed by atoms with E-state index in [0.29, 0.717) is 12.2 Å². The summed E-state index contributed by atoms with van der Waals surface area (Å²) in [4.78, 5) is 23.3. The molecule has 0 aromatic heterocycles. The van der Waals surface area contributed by atoms with Gasteiger partial charge >= 0.3 is 7.82 Å². The molecule has 1 fully saturated rings. The van der Waals surface area contributed by atoms with Gasteiger partial charge in [0.1, 0.15) is 18.5 Å². The smallest absolute Gasteiger partial charge is 0.475 e. The number of phosphoric ester groups is 1. The molecule has 1 saturated heterocycles. The highest BCUT2D eigenvalue weighted by Crippen LogP contribution is 2.53. The molecule has 178 valence electrons. The molecule has 1 aliphatic rings. The van der Waals surface area contributed by atoms with Gasteiger partial charge in [0.25, 0.3) is 0 Å². The number of benzene rings is 2. The fourth-order valence-corrected chi connectivity index (χ4v) is 5.68. The Morgan fingerprint density at radius 1 is 1.00 bits per heavy atom. The van der Waals surface area contributed by atoms with Crippen LogP contribution in [0.5, 0.6) is 5.75 Å². The number of phosphoric acid groups is 1. The Balaban J connectivity index is 1.68. The first kappa shape index (κ1) is 25.7. The summed E-state index contributed by atoms with van der Waals surface area (Å²) in [5.41, 5.74) is 2.83. The Bertz CT molecular complexity index is 981. The zero-order chi connectivity index (χ0) is 23.8. The van der Waals surface area contributed by atoms with Crippen LogP contribution in [0.15, 0.2) is 48.5 Å². The molecule has 0 saturated carbocycles. The van der Waals surface area contributed by atoms with E-state index in [1.807, 2.05) is 43.3 Å². The van der Waals surface area contributed by atoms with Crippen LogP contribution in [0.1, 0.15) is 43.1 Å². The maximum atomic E-state index is 13.0. The van der Waals surface area contributed by atoms with E-state index >= 15 is 0 Å². The van der Waals surface area contributed by atoms with Gasteiger partial charge in [-0.1, -0.05) is 53.7 Å². The molecule has 0 radical (unpaired) electrons. The number of hydrogen-bond acceptors (Lipinski definition) is 8. The molecule has 2 atom stereocenters. The van der Waals surface area contributed by atoms with Crippen LogP contribution in [-0.4, -0.2) is 36.0 Å². The number of thioether (sulfide) groups is 1. The standard InChI is InChI=1S/C24H29O7PS/c1-4-29-32(27,30-5-2)31-22(19-10-6-17(3)7-11-19)16-28-20-12-8-18(9-13-20)14-23-21(25)15-24(26)33-23/h6-13,22-23H,4-5,14-16H2,1-3H3. The van der Waals surface area contributed by atoms with Gasteiger partial charge in [0.05, 0.1) is 24.9 Å². The number of ether oxygens (including phenoxy) is 1. The zero-order valence-electron chi connectivity index (χ0n) is 19.0. The summed E-state index contributed by atoms with van der Waals surface area (Å²) in [6, 6.07) is 15.0. The Labute approximate surface area is 198 Å². The monoisotopic (exact) mass is 492 g/mol. The van der Waals surface area contributed by atoms with E-state index in [2.05, 4.69) is 0 Å². The van der Waals surface area contributed by atoms with Gasteiger partial charge in [-0.25, -0.2) is 4.57 Å². The molecular weight excluding hydrogens is 463 g/mol. The van der Waals surface area contributed by atoms with Crippen LogP contribution in [0.2, 0.25) is 0 Å². The summed E-state index contributed by atoms with van der Waals surface area (Å²) in [5.74, 6) is 0.583. The van der Waals surface area contributed by atoms with Crippen LogP contribution in [0, 0.1) is 6.92 Å². The van der Waals surface area contributed by atoms with Crippen molar-refractivity contribution in [2.75, 3.05) is 19.8 Å². The second-order valence-corrected chi connectivity index (χ2v) is 10.4. The number of Topliss-reactive ketones (excluding diaryl/α,β-unsaturated/α-hetero) is 1. The van der Waals surface area contributed by atoms with Crippen molar-refractivity contribution in [3.05, 3.63) is 65.2 Å². The fourth-order valence-electron chi connectivity index (χ4n) is 3.32. The molecule has 7 nitrogen and oxygen atoms in total. The molecule has 0 aliphatic carbocycles. The second-order valence-electron chi connectivity index (χ2n) is 7.57. The lowest BCUT2D eigenvalue weighted by atomic mass is 10.1. The van der Waals surface area contributed by atoms with Gasteiger partial charge in [-0.2, -0.15) is 0 Å². The summed E-state index contributed by atoms with van der Waals surface area (Å²) in [7, 11) is -3.75. The second kappa shape index (κ2) is 12.0. The van der Waals surface area contributed by atoms with Crippen molar-refractivity contribution in [1.82, 2.24) is 0 Å². The Morgan fingerprint density at radius 2 is 1.64 bits per heavy atom. The highest BCUT2D eigenvalue weighted by Gasteiger charge is 2.32.